The van der Waals surface area contributed by atoms with E-state index in [1.54, 1.807) is 6.20 Å². The SMILES string of the molecule is O=c1c(Br)c(NCCOCC(F)F)cnn1CC1CC1. The second kappa shape index (κ2) is 7.12. The zero-order valence-corrected chi connectivity index (χ0v) is 12.4. The normalized spacial score (nSPS) is 14.8. The van der Waals surface area contributed by atoms with Crippen LogP contribution in [0.2, 0.25) is 0 Å². The number of anilines is 1. The van der Waals surface area contributed by atoms with Gasteiger partial charge in [0.15, 0.2) is 0 Å². The van der Waals surface area contributed by atoms with Crippen LogP contribution in [0.3, 0.4) is 0 Å². The van der Waals surface area contributed by atoms with Crippen LogP contribution in [0.5, 0.6) is 0 Å². The molecule has 0 bridgehead atoms. The van der Waals surface area contributed by atoms with Gasteiger partial charge in [0, 0.05) is 13.1 Å². The molecule has 1 N–H and O–H groups in total. The maximum atomic E-state index is 12.0. The van der Waals surface area contributed by atoms with Gasteiger partial charge in [-0.05, 0) is 34.7 Å². The van der Waals surface area contributed by atoms with Crippen molar-refractivity contribution in [3.63, 3.8) is 0 Å². The number of nitrogens with one attached hydrogen (secondary N) is 1. The van der Waals surface area contributed by atoms with Gasteiger partial charge in [-0.2, -0.15) is 5.10 Å². The van der Waals surface area contributed by atoms with Crippen molar-refractivity contribution in [3.8, 4) is 0 Å². The van der Waals surface area contributed by atoms with Crippen LogP contribution >= 0.6 is 15.9 Å². The number of alkyl halides is 2. The van der Waals surface area contributed by atoms with E-state index in [2.05, 4.69) is 26.3 Å². The van der Waals surface area contributed by atoms with Crippen molar-refractivity contribution in [2.24, 2.45) is 5.92 Å². The van der Waals surface area contributed by atoms with Crippen LogP contribution in [0, 0.1) is 5.92 Å². The minimum Gasteiger partial charge on any atom is -0.380 e. The number of nitrogens with zero attached hydrogens (tertiary/aromatic N) is 2. The monoisotopic (exact) mass is 351 g/mol. The zero-order valence-electron chi connectivity index (χ0n) is 10.8. The van der Waals surface area contributed by atoms with Gasteiger partial charge in [0.25, 0.3) is 12.0 Å². The van der Waals surface area contributed by atoms with Crippen LogP contribution in [0.1, 0.15) is 12.8 Å². The molecule has 1 aliphatic rings. The summed E-state index contributed by atoms with van der Waals surface area (Å²) in [5.41, 5.74) is 0.359. The van der Waals surface area contributed by atoms with Crippen molar-refractivity contribution in [2.45, 2.75) is 25.8 Å². The number of ether oxygens (including phenoxy) is 1. The van der Waals surface area contributed by atoms with Crippen LogP contribution < -0.4 is 10.9 Å². The maximum absolute atomic E-state index is 12.0. The third kappa shape index (κ3) is 4.52. The topological polar surface area (TPSA) is 56.1 Å². The number of aromatic nitrogens is 2. The highest BCUT2D eigenvalue weighted by atomic mass is 79.9. The first-order chi connectivity index (χ1) is 9.58. The third-order valence-corrected chi connectivity index (χ3v) is 3.68. The van der Waals surface area contributed by atoms with E-state index in [0.29, 0.717) is 29.2 Å². The number of hydrogen-bond acceptors (Lipinski definition) is 4. The molecule has 20 heavy (non-hydrogen) atoms. The Bertz CT molecular complexity index is 506. The standard InChI is InChI=1S/C12H16BrF2N3O2/c13-11-9(16-3-4-20-7-10(14)15)5-17-18(12(11)19)6-8-1-2-8/h5,8,10,16H,1-4,6-7H2. The predicted molar refractivity (Wildman–Crippen MR) is 74.2 cm³/mol. The van der Waals surface area contributed by atoms with Crippen molar-refractivity contribution in [1.82, 2.24) is 9.78 Å². The van der Waals surface area contributed by atoms with Gasteiger partial charge in [0.1, 0.15) is 11.1 Å². The third-order valence-electron chi connectivity index (χ3n) is 2.92. The summed E-state index contributed by atoms with van der Waals surface area (Å²) in [4.78, 5) is 12.0. The molecule has 5 nitrogen and oxygen atoms in total. The smallest absolute Gasteiger partial charge is 0.283 e. The summed E-state index contributed by atoms with van der Waals surface area (Å²) < 4.78 is 30.3. The molecule has 1 aliphatic carbocycles. The Morgan fingerprint density at radius 1 is 1.55 bits per heavy atom. The van der Waals surface area contributed by atoms with E-state index in [9.17, 15) is 13.6 Å². The van der Waals surface area contributed by atoms with Crippen LogP contribution in [0.15, 0.2) is 15.5 Å². The molecule has 112 valence electrons. The molecule has 1 fully saturated rings. The lowest BCUT2D eigenvalue weighted by atomic mass is 10.4. The number of halogens is 3. The van der Waals surface area contributed by atoms with Gasteiger partial charge in [-0.1, -0.05) is 0 Å². The van der Waals surface area contributed by atoms with E-state index < -0.39 is 13.0 Å². The van der Waals surface area contributed by atoms with Crippen LogP contribution in [0.25, 0.3) is 0 Å². The highest BCUT2D eigenvalue weighted by Gasteiger charge is 2.23. The summed E-state index contributed by atoms with van der Waals surface area (Å²) in [7, 11) is 0. The molecular weight excluding hydrogens is 336 g/mol. The lowest BCUT2D eigenvalue weighted by Gasteiger charge is -2.10. The molecule has 8 heteroatoms. The summed E-state index contributed by atoms with van der Waals surface area (Å²) in [6.07, 6.45) is 1.39. The van der Waals surface area contributed by atoms with Gasteiger partial charge in [-0.25, -0.2) is 13.5 Å². The molecule has 1 aromatic heterocycles. The summed E-state index contributed by atoms with van der Waals surface area (Å²) in [5.74, 6) is 0.564. The first kappa shape index (κ1) is 15.4. The van der Waals surface area contributed by atoms with Gasteiger partial charge in [0.2, 0.25) is 0 Å². The second-order valence-corrected chi connectivity index (χ2v) is 5.49. The Morgan fingerprint density at radius 3 is 2.95 bits per heavy atom. The fourth-order valence-electron chi connectivity index (χ4n) is 1.69. The average molecular weight is 352 g/mol. The molecule has 0 atom stereocenters. The number of hydrogen-bond donors (Lipinski definition) is 1. The molecule has 0 saturated heterocycles. The van der Waals surface area contributed by atoms with E-state index in [1.807, 2.05) is 0 Å². The average Bonchev–Trinajstić information content (AvgIpc) is 3.21. The summed E-state index contributed by atoms with van der Waals surface area (Å²) in [6.45, 7) is 0.542. The number of rotatable bonds is 8. The van der Waals surface area contributed by atoms with Crippen molar-refractivity contribution < 1.29 is 13.5 Å². The van der Waals surface area contributed by atoms with Crippen LogP contribution in [-0.4, -0.2) is 36.0 Å². The van der Waals surface area contributed by atoms with Crippen molar-refractivity contribution in [2.75, 3.05) is 25.1 Å². The Kier molecular flexibility index (Phi) is 5.47. The van der Waals surface area contributed by atoms with Gasteiger partial charge in [-0.15, -0.1) is 0 Å². The minimum atomic E-state index is -2.46. The molecular formula is C12H16BrF2N3O2. The molecule has 0 radical (unpaired) electrons. The Hall–Kier alpha value is -1.02. The van der Waals surface area contributed by atoms with Crippen molar-refractivity contribution in [3.05, 3.63) is 21.0 Å². The van der Waals surface area contributed by atoms with Gasteiger partial charge >= 0.3 is 0 Å². The summed E-state index contributed by atoms with van der Waals surface area (Å²) in [5, 5.41) is 7.03. The molecule has 0 spiro atoms. The second-order valence-electron chi connectivity index (χ2n) is 4.70. The van der Waals surface area contributed by atoms with E-state index in [-0.39, 0.29) is 12.2 Å². The molecule has 1 heterocycles. The van der Waals surface area contributed by atoms with E-state index in [0.717, 1.165) is 12.8 Å². The first-order valence-corrected chi connectivity index (χ1v) is 7.22. The zero-order chi connectivity index (χ0) is 14.5. The molecule has 0 aromatic carbocycles. The quantitative estimate of drug-likeness (QED) is 0.729. The van der Waals surface area contributed by atoms with Crippen LogP contribution in [-0.2, 0) is 11.3 Å². The fraction of sp³-hybridized carbons (Fsp3) is 0.667. The van der Waals surface area contributed by atoms with E-state index in [4.69, 9.17) is 4.74 Å². The fourth-order valence-corrected chi connectivity index (χ4v) is 2.14. The van der Waals surface area contributed by atoms with Gasteiger partial charge in [0.05, 0.1) is 18.5 Å². The molecule has 1 aromatic rings. The van der Waals surface area contributed by atoms with Crippen molar-refractivity contribution >= 4 is 21.6 Å². The molecule has 1 saturated carbocycles. The highest BCUT2D eigenvalue weighted by molar-refractivity contribution is 9.10. The first-order valence-electron chi connectivity index (χ1n) is 6.43. The maximum Gasteiger partial charge on any atom is 0.283 e. The molecule has 2 rings (SSSR count). The van der Waals surface area contributed by atoms with Gasteiger partial charge in [-0.3, -0.25) is 4.79 Å². The Morgan fingerprint density at radius 2 is 2.30 bits per heavy atom. The Balaban J connectivity index is 1.85. The largest absolute Gasteiger partial charge is 0.380 e. The predicted octanol–water partition coefficient (Wildman–Crippen LogP) is 2.11. The summed E-state index contributed by atoms with van der Waals surface area (Å²) >= 11 is 3.24. The molecule has 0 unspecified atom stereocenters. The minimum absolute atomic E-state index is 0.141. The van der Waals surface area contributed by atoms with Gasteiger partial charge < -0.3 is 10.1 Å². The van der Waals surface area contributed by atoms with E-state index >= 15 is 0 Å². The molecule has 0 aliphatic heterocycles. The molecule has 0 amide bonds. The van der Waals surface area contributed by atoms with E-state index in [1.165, 1.54) is 4.68 Å². The summed E-state index contributed by atoms with van der Waals surface area (Å²) in [6, 6.07) is 0. The Labute approximate surface area is 123 Å². The highest BCUT2D eigenvalue weighted by Crippen LogP contribution is 2.30. The van der Waals surface area contributed by atoms with Crippen molar-refractivity contribution in [1.29, 1.82) is 0 Å². The lowest BCUT2D eigenvalue weighted by molar-refractivity contribution is 0.0215. The lowest BCUT2D eigenvalue weighted by Crippen LogP contribution is -2.25. The van der Waals surface area contributed by atoms with Crippen LogP contribution in [0.4, 0.5) is 14.5 Å².